The van der Waals surface area contributed by atoms with E-state index in [-0.39, 0.29) is 5.91 Å². The molecular weight excluding hydrogens is 288 g/mol. The van der Waals surface area contributed by atoms with E-state index in [1.54, 1.807) is 7.11 Å². The van der Waals surface area contributed by atoms with Gasteiger partial charge in [-0.25, -0.2) is 0 Å². The summed E-state index contributed by atoms with van der Waals surface area (Å²) in [5.41, 5.74) is 3.30. The normalized spacial score (nSPS) is 11.8. The lowest BCUT2D eigenvalue weighted by molar-refractivity contribution is -0.885. The molecule has 1 unspecified atom stereocenters. The van der Waals surface area contributed by atoms with Gasteiger partial charge in [0.05, 0.1) is 14.2 Å². The van der Waals surface area contributed by atoms with Crippen LogP contribution in [-0.4, -0.2) is 26.6 Å². The van der Waals surface area contributed by atoms with Gasteiger partial charge in [0.1, 0.15) is 12.3 Å². The van der Waals surface area contributed by atoms with E-state index in [1.165, 1.54) is 11.1 Å². The number of methoxy groups -OCH3 is 1. The average Bonchev–Trinajstić information content (AvgIpc) is 2.56. The third-order valence-corrected chi connectivity index (χ3v) is 3.77. The van der Waals surface area contributed by atoms with Crippen LogP contribution in [0, 0.1) is 0 Å². The molecule has 2 aromatic rings. The summed E-state index contributed by atoms with van der Waals surface area (Å²) < 4.78 is 5.15. The molecule has 0 spiro atoms. The van der Waals surface area contributed by atoms with Crippen LogP contribution in [0.5, 0.6) is 5.75 Å². The number of ether oxygens (including phenoxy) is 1. The Labute approximate surface area is 138 Å². The first-order valence-electron chi connectivity index (χ1n) is 7.93. The van der Waals surface area contributed by atoms with Crippen LogP contribution in [0.15, 0.2) is 48.5 Å². The zero-order valence-electron chi connectivity index (χ0n) is 14.1. The Morgan fingerprint density at radius 3 is 2.22 bits per heavy atom. The molecule has 0 aliphatic heterocycles. The number of likely N-dealkylation sites (N-methyl/N-ethyl adjacent to an activating group) is 1. The predicted octanol–water partition coefficient (Wildman–Crippen LogP) is 1.91. The number of amides is 1. The molecule has 0 aliphatic carbocycles. The van der Waals surface area contributed by atoms with Crippen molar-refractivity contribution in [2.24, 2.45) is 0 Å². The first-order valence-corrected chi connectivity index (χ1v) is 7.93. The van der Waals surface area contributed by atoms with Crippen molar-refractivity contribution >= 4 is 11.6 Å². The lowest BCUT2D eigenvalue weighted by atomic mass is 10.1. The molecule has 23 heavy (non-hydrogen) atoms. The number of carbonyl (C=O) groups excluding carboxylic acids is 1. The van der Waals surface area contributed by atoms with E-state index in [9.17, 15) is 4.79 Å². The van der Waals surface area contributed by atoms with Crippen LogP contribution in [0.3, 0.4) is 0 Å². The molecule has 4 nitrogen and oxygen atoms in total. The Morgan fingerprint density at radius 2 is 1.65 bits per heavy atom. The van der Waals surface area contributed by atoms with Gasteiger partial charge in [0.25, 0.3) is 5.91 Å². The number of carbonyl (C=O) groups is 1. The van der Waals surface area contributed by atoms with Crippen molar-refractivity contribution in [3.05, 3.63) is 59.7 Å². The van der Waals surface area contributed by atoms with Crippen LogP contribution in [0.25, 0.3) is 0 Å². The Hall–Kier alpha value is -2.33. The van der Waals surface area contributed by atoms with E-state index in [0.717, 1.165) is 29.3 Å². The quantitative estimate of drug-likeness (QED) is 0.820. The standard InChI is InChI=1S/C19H24N2O2/c1-4-15-5-9-17(10-6-15)20-19(22)14-21(2)13-16-7-11-18(23-3)12-8-16/h5-12H,4,13-14H2,1-3H3,(H,20,22)/p+1. The molecule has 0 radical (unpaired) electrons. The van der Waals surface area contributed by atoms with Gasteiger partial charge in [-0.15, -0.1) is 0 Å². The fraction of sp³-hybridized carbons (Fsp3) is 0.316. The smallest absolute Gasteiger partial charge is 0.279 e. The highest BCUT2D eigenvalue weighted by atomic mass is 16.5. The van der Waals surface area contributed by atoms with Crippen LogP contribution < -0.4 is 15.0 Å². The Bertz CT molecular complexity index is 621. The summed E-state index contributed by atoms with van der Waals surface area (Å²) in [6.45, 7) is 3.35. The second-order valence-electron chi connectivity index (χ2n) is 5.76. The average molecular weight is 313 g/mol. The van der Waals surface area contributed by atoms with Crippen LogP contribution >= 0.6 is 0 Å². The van der Waals surface area contributed by atoms with Crippen molar-refractivity contribution in [1.82, 2.24) is 0 Å². The van der Waals surface area contributed by atoms with Gasteiger partial charge in [0, 0.05) is 11.3 Å². The second kappa shape index (κ2) is 8.34. The van der Waals surface area contributed by atoms with Crippen molar-refractivity contribution in [3.63, 3.8) is 0 Å². The fourth-order valence-corrected chi connectivity index (χ4v) is 2.46. The maximum atomic E-state index is 12.1. The molecule has 2 rings (SSSR count). The minimum absolute atomic E-state index is 0.0280. The summed E-state index contributed by atoms with van der Waals surface area (Å²) in [7, 11) is 3.67. The second-order valence-corrected chi connectivity index (χ2v) is 5.76. The highest BCUT2D eigenvalue weighted by Crippen LogP contribution is 2.11. The van der Waals surface area contributed by atoms with Crippen molar-refractivity contribution in [2.75, 3.05) is 26.0 Å². The summed E-state index contributed by atoms with van der Waals surface area (Å²) >= 11 is 0. The van der Waals surface area contributed by atoms with Gasteiger partial charge < -0.3 is 15.0 Å². The zero-order chi connectivity index (χ0) is 16.7. The largest absolute Gasteiger partial charge is 0.497 e. The van der Waals surface area contributed by atoms with Gasteiger partial charge in [0.15, 0.2) is 6.54 Å². The topological polar surface area (TPSA) is 42.8 Å². The van der Waals surface area contributed by atoms with Gasteiger partial charge in [-0.1, -0.05) is 19.1 Å². The molecule has 122 valence electrons. The molecule has 2 N–H and O–H groups in total. The summed E-state index contributed by atoms with van der Waals surface area (Å²) in [6.07, 6.45) is 1.00. The van der Waals surface area contributed by atoms with Crippen LogP contribution in [0.2, 0.25) is 0 Å². The van der Waals surface area contributed by atoms with Crippen molar-refractivity contribution in [3.8, 4) is 5.75 Å². The summed E-state index contributed by atoms with van der Waals surface area (Å²) in [5.74, 6) is 0.875. The molecule has 1 atom stereocenters. The van der Waals surface area contributed by atoms with Gasteiger partial charge in [0.2, 0.25) is 0 Å². The van der Waals surface area contributed by atoms with Crippen LogP contribution in [0.4, 0.5) is 5.69 Å². The minimum Gasteiger partial charge on any atom is -0.497 e. The summed E-state index contributed by atoms with van der Waals surface area (Å²) in [6, 6.07) is 15.9. The maximum absolute atomic E-state index is 12.1. The van der Waals surface area contributed by atoms with Crippen LogP contribution in [-0.2, 0) is 17.8 Å². The third-order valence-electron chi connectivity index (χ3n) is 3.77. The molecule has 0 aliphatic rings. The molecule has 0 bridgehead atoms. The summed E-state index contributed by atoms with van der Waals surface area (Å²) in [4.78, 5) is 13.3. The van der Waals surface area contributed by atoms with E-state index in [0.29, 0.717) is 6.54 Å². The number of nitrogens with one attached hydrogen (secondary N) is 2. The summed E-state index contributed by atoms with van der Waals surface area (Å²) in [5, 5.41) is 2.95. The highest BCUT2D eigenvalue weighted by molar-refractivity contribution is 5.91. The van der Waals surface area contributed by atoms with E-state index in [2.05, 4.69) is 12.2 Å². The van der Waals surface area contributed by atoms with Crippen molar-refractivity contribution in [2.45, 2.75) is 19.9 Å². The lowest BCUT2D eigenvalue weighted by Crippen LogP contribution is -3.08. The third kappa shape index (κ3) is 5.42. The number of rotatable bonds is 7. The number of hydrogen-bond donors (Lipinski definition) is 2. The molecule has 0 saturated heterocycles. The van der Waals surface area contributed by atoms with E-state index < -0.39 is 0 Å². The number of quaternary nitrogens is 1. The zero-order valence-corrected chi connectivity index (χ0v) is 14.1. The SMILES string of the molecule is CCc1ccc(NC(=O)C[NH+](C)Cc2ccc(OC)cc2)cc1. The first kappa shape index (κ1) is 17.0. The first-order chi connectivity index (χ1) is 11.1. The Balaban J connectivity index is 1.83. The van der Waals surface area contributed by atoms with Gasteiger partial charge in [-0.2, -0.15) is 0 Å². The van der Waals surface area contributed by atoms with E-state index in [1.807, 2.05) is 55.6 Å². The molecule has 0 aromatic heterocycles. The fourth-order valence-electron chi connectivity index (χ4n) is 2.46. The maximum Gasteiger partial charge on any atom is 0.279 e. The Morgan fingerprint density at radius 1 is 1.04 bits per heavy atom. The molecule has 0 heterocycles. The highest BCUT2D eigenvalue weighted by Gasteiger charge is 2.11. The van der Waals surface area contributed by atoms with Gasteiger partial charge in [-0.3, -0.25) is 4.79 Å². The van der Waals surface area contributed by atoms with Crippen molar-refractivity contribution < 1.29 is 14.4 Å². The van der Waals surface area contributed by atoms with Gasteiger partial charge >= 0.3 is 0 Å². The van der Waals surface area contributed by atoms with Crippen LogP contribution in [0.1, 0.15) is 18.1 Å². The minimum atomic E-state index is 0.0280. The van der Waals surface area contributed by atoms with E-state index >= 15 is 0 Å². The number of aryl methyl sites for hydroxylation is 1. The van der Waals surface area contributed by atoms with E-state index in [4.69, 9.17) is 4.74 Å². The molecule has 2 aromatic carbocycles. The van der Waals surface area contributed by atoms with Gasteiger partial charge in [-0.05, 0) is 48.4 Å². The molecule has 0 saturated carbocycles. The molecule has 0 fully saturated rings. The monoisotopic (exact) mass is 313 g/mol. The lowest BCUT2D eigenvalue weighted by Gasteiger charge is -2.14. The Kier molecular flexibility index (Phi) is 6.18. The number of hydrogen-bond acceptors (Lipinski definition) is 2. The van der Waals surface area contributed by atoms with Crippen molar-refractivity contribution in [1.29, 1.82) is 0 Å². The molecular formula is C19H25N2O2+. The number of benzene rings is 2. The molecule has 4 heteroatoms. The molecule has 1 amide bonds. The number of anilines is 1. The predicted molar refractivity (Wildman–Crippen MR) is 92.9 cm³/mol.